The number of benzene rings is 2. The lowest BCUT2D eigenvalue weighted by atomic mass is 10.1. The van der Waals surface area contributed by atoms with Gasteiger partial charge in [-0.05, 0) is 24.3 Å². The molecule has 4 nitrogen and oxygen atoms in total. The minimum absolute atomic E-state index is 0.0494. The van der Waals surface area contributed by atoms with Gasteiger partial charge in [0, 0.05) is 31.2 Å². The molecule has 2 rings (SSSR count). The first-order valence-corrected chi connectivity index (χ1v) is 7.24. The van der Waals surface area contributed by atoms with Crippen molar-refractivity contribution in [2.75, 3.05) is 13.2 Å². The number of hydrogen-bond donors (Lipinski definition) is 1. The minimum atomic E-state index is 0.0494. The van der Waals surface area contributed by atoms with Crippen LogP contribution in [0, 0.1) is 0 Å². The summed E-state index contributed by atoms with van der Waals surface area (Å²) in [5.41, 5.74) is 1.47. The van der Waals surface area contributed by atoms with E-state index in [1.165, 1.54) is 0 Å². The molecule has 22 heavy (non-hydrogen) atoms. The van der Waals surface area contributed by atoms with Crippen molar-refractivity contribution in [1.29, 1.82) is 0 Å². The second kappa shape index (κ2) is 8.74. The number of nitrogens with zero attached hydrogens (tertiary/aromatic N) is 1. The molecule has 0 saturated carbocycles. The zero-order valence-electron chi connectivity index (χ0n) is 12.3. The predicted octanol–water partition coefficient (Wildman–Crippen LogP) is 3.42. The van der Waals surface area contributed by atoms with Gasteiger partial charge in [0.15, 0.2) is 5.78 Å². The van der Waals surface area contributed by atoms with Crippen LogP contribution in [0.4, 0.5) is 5.69 Å². The Hall–Kier alpha value is -2.46. The molecule has 114 valence electrons. The second-order valence-electron chi connectivity index (χ2n) is 4.72. The number of carbonyl (C=O) groups excluding carboxylic acids is 1. The van der Waals surface area contributed by atoms with Gasteiger partial charge in [-0.25, -0.2) is 0 Å². The fraction of sp³-hybridized carbons (Fsp3) is 0.222. The lowest BCUT2D eigenvalue weighted by Gasteiger charge is -2.04. The summed E-state index contributed by atoms with van der Waals surface area (Å²) in [6.45, 7) is 0.614. The fourth-order valence-electron chi connectivity index (χ4n) is 1.86. The summed E-state index contributed by atoms with van der Waals surface area (Å²) in [6.07, 6.45) is 2.51. The molecule has 0 bridgehead atoms. The highest BCUT2D eigenvalue weighted by atomic mass is 16.5. The molecule has 0 radical (unpaired) electrons. The number of Topliss-reactive ketones (excluding diaryl/α,β-unsaturated/α-hetero) is 1. The van der Waals surface area contributed by atoms with Gasteiger partial charge in [-0.3, -0.25) is 9.79 Å². The highest BCUT2D eigenvalue weighted by Crippen LogP contribution is 2.18. The van der Waals surface area contributed by atoms with Crippen molar-refractivity contribution < 1.29 is 14.6 Å². The number of aliphatic imine (C=N–C) groups is 1. The van der Waals surface area contributed by atoms with E-state index in [1.54, 1.807) is 18.3 Å². The van der Waals surface area contributed by atoms with Crippen LogP contribution >= 0.6 is 0 Å². The third-order valence-electron chi connectivity index (χ3n) is 3.02. The van der Waals surface area contributed by atoms with Crippen LogP contribution in [0.25, 0.3) is 0 Å². The van der Waals surface area contributed by atoms with E-state index in [-0.39, 0.29) is 18.8 Å². The second-order valence-corrected chi connectivity index (χ2v) is 4.72. The number of carbonyl (C=O) groups is 1. The third-order valence-corrected chi connectivity index (χ3v) is 3.02. The molecule has 0 aliphatic carbocycles. The lowest BCUT2D eigenvalue weighted by Crippen LogP contribution is -1.99. The Bertz CT molecular complexity index is 606. The number of ether oxygens (including phenoxy) is 1. The van der Waals surface area contributed by atoms with E-state index in [1.807, 2.05) is 42.5 Å². The van der Waals surface area contributed by atoms with Crippen LogP contribution in [0.3, 0.4) is 0 Å². The molecule has 0 heterocycles. The Morgan fingerprint density at radius 1 is 1.09 bits per heavy atom. The van der Waals surface area contributed by atoms with E-state index in [0.29, 0.717) is 18.6 Å². The van der Waals surface area contributed by atoms with Crippen molar-refractivity contribution in [2.45, 2.75) is 12.8 Å². The van der Waals surface area contributed by atoms with Crippen LogP contribution in [0.15, 0.2) is 59.6 Å². The summed E-state index contributed by atoms with van der Waals surface area (Å²) >= 11 is 0. The van der Waals surface area contributed by atoms with Crippen molar-refractivity contribution >= 4 is 17.7 Å². The molecule has 0 saturated heterocycles. The van der Waals surface area contributed by atoms with Gasteiger partial charge in [-0.15, -0.1) is 0 Å². The molecule has 0 spiro atoms. The zero-order chi connectivity index (χ0) is 15.6. The van der Waals surface area contributed by atoms with Gasteiger partial charge < -0.3 is 9.84 Å². The van der Waals surface area contributed by atoms with Crippen LogP contribution in [0.5, 0.6) is 5.75 Å². The summed E-state index contributed by atoms with van der Waals surface area (Å²) in [5, 5.41) is 8.69. The molecular weight excluding hydrogens is 278 g/mol. The molecule has 0 amide bonds. The Labute approximate surface area is 130 Å². The van der Waals surface area contributed by atoms with Crippen molar-refractivity contribution in [3.63, 3.8) is 0 Å². The van der Waals surface area contributed by atoms with Crippen molar-refractivity contribution in [2.24, 2.45) is 4.99 Å². The Balaban J connectivity index is 1.84. The Kier molecular flexibility index (Phi) is 6.33. The first-order valence-electron chi connectivity index (χ1n) is 7.24. The molecule has 0 aliphatic rings. The molecule has 0 aromatic heterocycles. The summed E-state index contributed by atoms with van der Waals surface area (Å²) < 4.78 is 5.44. The van der Waals surface area contributed by atoms with Gasteiger partial charge in [-0.1, -0.05) is 30.3 Å². The smallest absolute Gasteiger partial charge is 0.168 e. The number of ketones is 1. The average Bonchev–Trinajstić information content (AvgIpc) is 2.57. The van der Waals surface area contributed by atoms with Crippen LogP contribution in [-0.4, -0.2) is 30.3 Å². The Morgan fingerprint density at radius 2 is 1.82 bits per heavy atom. The number of aliphatic hydroxyl groups excluding tert-OH is 1. The first kappa shape index (κ1) is 15.9. The highest BCUT2D eigenvalue weighted by Gasteiger charge is 2.02. The number of hydrogen-bond acceptors (Lipinski definition) is 4. The van der Waals surface area contributed by atoms with Crippen LogP contribution in [0.1, 0.15) is 23.2 Å². The SMILES string of the molecule is O=C(CC=Nc1ccc(OCCCO)cc1)c1ccccc1. The van der Waals surface area contributed by atoms with Crippen LogP contribution in [0.2, 0.25) is 0 Å². The molecule has 0 atom stereocenters. The molecule has 1 N–H and O–H groups in total. The average molecular weight is 297 g/mol. The van der Waals surface area contributed by atoms with E-state index in [4.69, 9.17) is 9.84 Å². The number of aliphatic hydroxyl groups is 1. The summed E-state index contributed by atoms with van der Waals surface area (Å²) in [7, 11) is 0. The van der Waals surface area contributed by atoms with Gasteiger partial charge in [0.2, 0.25) is 0 Å². The highest BCUT2D eigenvalue weighted by molar-refractivity contribution is 6.03. The van der Waals surface area contributed by atoms with E-state index in [9.17, 15) is 4.79 Å². The van der Waals surface area contributed by atoms with E-state index in [2.05, 4.69) is 4.99 Å². The molecular formula is C18H19NO3. The van der Waals surface area contributed by atoms with E-state index < -0.39 is 0 Å². The maximum atomic E-state index is 11.9. The molecule has 0 unspecified atom stereocenters. The van der Waals surface area contributed by atoms with Crippen LogP contribution in [-0.2, 0) is 0 Å². The van der Waals surface area contributed by atoms with E-state index in [0.717, 1.165) is 11.4 Å². The van der Waals surface area contributed by atoms with Gasteiger partial charge in [0.25, 0.3) is 0 Å². The Morgan fingerprint density at radius 3 is 2.50 bits per heavy atom. The summed E-state index contributed by atoms with van der Waals surface area (Å²) in [4.78, 5) is 16.2. The van der Waals surface area contributed by atoms with Gasteiger partial charge >= 0.3 is 0 Å². The van der Waals surface area contributed by atoms with Crippen molar-refractivity contribution in [1.82, 2.24) is 0 Å². The monoisotopic (exact) mass is 297 g/mol. The minimum Gasteiger partial charge on any atom is -0.494 e. The van der Waals surface area contributed by atoms with Gasteiger partial charge in [-0.2, -0.15) is 0 Å². The third kappa shape index (κ3) is 5.14. The lowest BCUT2D eigenvalue weighted by molar-refractivity contribution is 0.100. The van der Waals surface area contributed by atoms with Crippen molar-refractivity contribution in [3.05, 3.63) is 60.2 Å². The molecule has 0 fully saturated rings. The zero-order valence-corrected chi connectivity index (χ0v) is 12.3. The van der Waals surface area contributed by atoms with E-state index >= 15 is 0 Å². The standard InChI is InChI=1S/C18H19NO3/c20-13-4-14-22-17-9-7-16(8-10-17)19-12-11-18(21)15-5-2-1-3-6-15/h1-3,5-10,12,20H,4,11,13-14H2. The molecule has 0 aliphatic heterocycles. The predicted molar refractivity (Wildman–Crippen MR) is 87.2 cm³/mol. The number of rotatable bonds is 8. The fourth-order valence-corrected chi connectivity index (χ4v) is 1.86. The van der Waals surface area contributed by atoms with Gasteiger partial charge in [0.05, 0.1) is 12.3 Å². The molecule has 2 aromatic carbocycles. The topological polar surface area (TPSA) is 58.9 Å². The molecule has 4 heteroatoms. The normalized spacial score (nSPS) is 10.8. The summed E-state index contributed by atoms with van der Waals surface area (Å²) in [5.74, 6) is 0.793. The van der Waals surface area contributed by atoms with Gasteiger partial charge in [0.1, 0.15) is 5.75 Å². The quantitative estimate of drug-likeness (QED) is 0.461. The van der Waals surface area contributed by atoms with Crippen molar-refractivity contribution in [3.8, 4) is 5.75 Å². The summed E-state index contributed by atoms with van der Waals surface area (Å²) in [6, 6.07) is 16.5. The maximum Gasteiger partial charge on any atom is 0.168 e. The molecule has 2 aromatic rings. The van der Waals surface area contributed by atoms with Crippen LogP contribution < -0.4 is 4.74 Å². The maximum absolute atomic E-state index is 11.9. The largest absolute Gasteiger partial charge is 0.494 e. The first-order chi connectivity index (χ1) is 10.8.